The Morgan fingerprint density at radius 2 is 1.86 bits per heavy atom. The van der Waals surface area contributed by atoms with Gasteiger partial charge in [-0.05, 0) is 25.1 Å². The Labute approximate surface area is 131 Å². The molecule has 1 heterocycles. The highest BCUT2D eigenvalue weighted by Crippen LogP contribution is 2.20. The van der Waals surface area contributed by atoms with Gasteiger partial charge in [-0.1, -0.05) is 18.2 Å². The first-order valence-electron chi connectivity index (χ1n) is 7.54. The molecular weight excluding hydrogens is 282 g/mol. The van der Waals surface area contributed by atoms with Crippen LogP contribution >= 0.6 is 0 Å². The van der Waals surface area contributed by atoms with Crippen molar-refractivity contribution in [2.45, 2.75) is 12.8 Å². The summed E-state index contributed by atoms with van der Waals surface area (Å²) in [5.41, 5.74) is 0.869. The third kappa shape index (κ3) is 4.46. The smallest absolute Gasteiger partial charge is 0.410 e. The second-order valence-electron chi connectivity index (χ2n) is 5.44. The van der Waals surface area contributed by atoms with Crippen molar-refractivity contribution >= 4 is 12.0 Å². The van der Waals surface area contributed by atoms with Gasteiger partial charge in [-0.25, -0.2) is 4.79 Å². The van der Waals surface area contributed by atoms with Crippen LogP contribution in [0.15, 0.2) is 24.3 Å². The summed E-state index contributed by atoms with van der Waals surface area (Å²) < 4.78 is 5.52. The number of carbonyl (C=O) groups excluding carboxylic acids is 2. The molecule has 0 saturated carbocycles. The number of nitrogens with one attached hydrogen (secondary N) is 1. The van der Waals surface area contributed by atoms with Crippen LogP contribution in [0, 0.1) is 0 Å². The molecule has 1 aromatic rings. The molecule has 1 aliphatic rings. The number of benzene rings is 1. The molecule has 0 unspecified atom stereocenters. The summed E-state index contributed by atoms with van der Waals surface area (Å²) in [7, 11) is 3.65. The van der Waals surface area contributed by atoms with Crippen LogP contribution < -0.4 is 10.1 Å². The normalized spacial score (nSPS) is 15.5. The van der Waals surface area contributed by atoms with Gasteiger partial charge in [0.1, 0.15) is 5.75 Å². The summed E-state index contributed by atoms with van der Waals surface area (Å²) in [5, 5.41) is 2.59. The number of para-hydroxylation sites is 1. The summed E-state index contributed by atoms with van der Waals surface area (Å²) in [6, 6.07) is 7.37. The van der Waals surface area contributed by atoms with Crippen molar-refractivity contribution < 1.29 is 14.3 Å². The van der Waals surface area contributed by atoms with Crippen molar-refractivity contribution in [2.24, 2.45) is 0 Å². The number of hydrogen-bond donors (Lipinski definition) is 1. The number of likely N-dealkylation sites (N-methyl/N-ethyl adjacent to an activating group) is 1. The van der Waals surface area contributed by atoms with E-state index in [2.05, 4.69) is 10.2 Å². The SMILES string of the molecule is CNC(=O)CCc1ccccc1OC(=O)N1CCN(C)CC1. The van der Waals surface area contributed by atoms with Crippen LogP contribution in [0.4, 0.5) is 4.79 Å². The minimum atomic E-state index is -0.319. The van der Waals surface area contributed by atoms with Crippen molar-refractivity contribution in [3.63, 3.8) is 0 Å². The molecule has 1 fully saturated rings. The summed E-state index contributed by atoms with van der Waals surface area (Å²) in [4.78, 5) is 27.5. The van der Waals surface area contributed by atoms with E-state index in [1.165, 1.54) is 0 Å². The number of rotatable bonds is 4. The zero-order valence-corrected chi connectivity index (χ0v) is 13.2. The molecule has 0 atom stereocenters. The first kappa shape index (κ1) is 16.3. The van der Waals surface area contributed by atoms with E-state index in [0.29, 0.717) is 31.7 Å². The van der Waals surface area contributed by atoms with E-state index in [4.69, 9.17) is 4.74 Å². The second-order valence-corrected chi connectivity index (χ2v) is 5.44. The number of nitrogens with zero attached hydrogens (tertiary/aromatic N) is 2. The van der Waals surface area contributed by atoms with Gasteiger partial charge in [-0.2, -0.15) is 0 Å². The molecule has 1 N–H and O–H groups in total. The summed E-state index contributed by atoms with van der Waals surface area (Å²) in [5.74, 6) is 0.510. The van der Waals surface area contributed by atoms with Gasteiger partial charge < -0.3 is 19.9 Å². The van der Waals surface area contributed by atoms with Crippen LogP contribution in [0.3, 0.4) is 0 Å². The summed E-state index contributed by atoms with van der Waals surface area (Å²) >= 11 is 0. The maximum atomic E-state index is 12.2. The van der Waals surface area contributed by atoms with Crippen LogP contribution in [0.5, 0.6) is 5.75 Å². The van der Waals surface area contributed by atoms with Gasteiger partial charge in [0, 0.05) is 39.6 Å². The van der Waals surface area contributed by atoms with Crippen LogP contribution in [-0.2, 0) is 11.2 Å². The number of aryl methyl sites for hydroxylation is 1. The monoisotopic (exact) mass is 305 g/mol. The van der Waals surface area contributed by atoms with E-state index in [1.807, 2.05) is 25.2 Å². The van der Waals surface area contributed by atoms with E-state index in [-0.39, 0.29) is 12.0 Å². The number of amides is 2. The predicted molar refractivity (Wildman–Crippen MR) is 83.9 cm³/mol. The lowest BCUT2D eigenvalue weighted by Crippen LogP contribution is -2.48. The van der Waals surface area contributed by atoms with Gasteiger partial charge in [-0.15, -0.1) is 0 Å². The minimum absolute atomic E-state index is 0.0276. The predicted octanol–water partition coefficient (Wildman–Crippen LogP) is 1.11. The Bertz CT molecular complexity index is 525. The molecule has 2 amide bonds. The van der Waals surface area contributed by atoms with E-state index in [0.717, 1.165) is 18.7 Å². The maximum absolute atomic E-state index is 12.2. The highest BCUT2D eigenvalue weighted by atomic mass is 16.6. The van der Waals surface area contributed by atoms with Gasteiger partial charge in [0.25, 0.3) is 0 Å². The van der Waals surface area contributed by atoms with Crippen LogP contribution in [-0.4, -0.2) is 62.1 Å². The highest BCUT2D eigenvalue weighted by molar-refractivity contribution is 5.76. The average molecular weight is 305 g/mol. The van der Waals surface area contributed by atoms with Gasteiger partial charge in [0.2, 0.25) is 5.91 Å². The molecule has 120 valence electrons. The number of ether oxygens (including phenoxy) is 1. The van der Waals surface area contributed by atoms with Gasteiger partial charge in [0.05, 0.1) is 0 Å². The highest BCUT2D eigenvalue weighted by Gasteiger charge is 2.21. The molecule has 0 radical (unpaired) electrons. The van der Waals surface area contributed by atoms with Gasteiger partial charge >= 0.3 is 6.09 Å². The molecular formula is C16H23N3O3. The molecule has 0 spiro atoms. The van der Waals surface area contributed by atoms with Gasteiger partial charge in [-0.3, -0.25) is 4.79 Å². The Morgan fingerprint density at radius 1 is 1.18 bits per heavy atom. The molecule has 0 aliphatic carbocycles. The fraction of sp³-hybridized carbons (Fsp3) is 0.500. The molecule has 2 rings (SSSR count). The molecule has 1 aliphatic heterocycles. The molecule has 1 aromatic carbocycles. The molecule has 0 aromatic heterocycles. The van der Waals surface area contributed by atoms with E-state index in [9.17, 15) is 9.59 Å². The van der Waals surface area contributed by atoms with Crippen LogP contribution in [0.25, 0.3) is 0 Å². The van der Waals surface area contributed by atoms with Crippen molar-refractivity contribution in [2.75, 3.05) is 40.3 Å². The van der Waals surface area contributed by atoms with E-state index >= 15 is 0 Å². The Morgan fingerprint density at radius 3 is 2.55 bits per heavy atom. The zero-order chi connectivity index (χ0) is 15.9. The summed E-state index contributed by atoms with van der Waals surface area (Å²) in [6.45, 7) is 3.06. The third-order valence-corrected chi connectivity index (χ3v) is 3.83. The number of piperazine rings is 1. The molecule has 22 heavy (non-hydrogen) atoms. The standard InChI is InChI=1S/C16H23N3O3/c1-17-15(20)8-7-13-5-3-4-6-14(13)22-16(21)19-11-9-18(2)10-12-19/h3-6H,7-12H2,1-2H3,(H,17,20). The quantitative estimate of drug-likeness (QED) is 0.905. The lowest BCUT2D eigenvalue weighted by molar-refractivity contribution is -0.120. The summed E-state index contributed by atoms with van der Waals surface area (Å²) in [6.07, 6.45) is 0.603. The molecule has 6 nitrogen and oxygen atoms in total. The topological polar surface area (TPSA) is 61.9 Å². The lowest BCUT2D eigenvalue weighted by Gasteiger charge is -2.31. The Hall–Kier alpha value is -2.08. The largest absolute Gasteiger partial charge is 0.415 e. The number of hydrogen-bond acceptors (Lipinski definition) is 4. The lowest BCUT2D eigenvalue weighted by atomic mass is 10.1. The maximum Gasteiger partial charge on any atom is 0.415 e. The average Bonchev–Trinajstić information content (AvgIpc) is 2.54. The second kappa shape index (κ2) is 7.79. The molecule has 0 bridgehead atoms. The fourth-order valence-electron chi connectivity index (χ4n) is 2.33. The van der Waals surface area contributed by atoms with Crippen LogP contribution in [0.2, 0.25) is 0 Å². The van der Waals surface area contributed by atoms with Crippen molar-refractivity contribution in [3.8, 4) is 5.75 Å². The van der Waals surface area contributed by atoms with Crippen molar-refractivity contribution in [1.82, 2.24) is 15.1 Å². The van der Waals surface area contributed by atoms with Crippen LogP contribution in [0.1, 0.15) is 12.0 Å². The third-order valence-electron chi connectivity index (χ3n) is 3.83. The number of carbonyl (C=O) groups is 2. The molecule has 1 saturated heterocycles. The van der Waals surface area contributed by atoms with E-state index in [1.54, 1.807) is 18.0 Å². The Balaban J connectivity index is 1.96. The zero-order valence-electron chi connectivity index (χ0n) is 13.2. The van der Waals surface area contributed by atoms with E-state index < -0.39 is 0 Å². The van der Waals surface area contributed by atoms with Crippen molar-refractivity contribution in [1.29, 1.82) is 0 Å². The first-order chi connectivity index (χ1) is 10.6. The fourth-order valence-corrected chi connectivity index (χ4v) is 2.33. The van der Waals surface area contributed by atoms with Crippen molar-refractivity contribution in [3.05, 3.63) is 29.8 Å². The first-order valence-corrected chi connectivity index (χ1v) is 7.54. The molecule has 6 heteroatoms. The van der Waals surface area contributed by atoms with Gasteiger partial charge in [0.15, 0.2) is 0 Å². The minimum Gasteiger partial charge on any atom is -0.410 e. The Kier molecular flexibility index (Phi) is 5.77.